The molecule has 0 bridgehead atoms. The van der Waals surface area contributed by atoms with Crippen molar-refractivity contribution in [2.75, 3.05) is 6.54 Å². The van der Waals surface area contributed by atoms with Gasteiger partial charge in [0.2, 0.25) is 0 Å². The minimum absolute atomic E-state index is 0.0497. The third kappa shape index (κ3) is 4.47. The number of likely N-dealkylation sites (N-methyl/N-ethyl adjacent to an activating group) is 1. The molecule has 1 unspecified atom stereocenters. The quantitative estimate of drug-likeness (QED) is 0.596. The minimum atomic E-state index is -0.257. The van der Waals surface area contributed by atoms with Crippen LogP contribution in [0.3, 0.4) is 0 Å². The molecule has 2 rings (SSSR count). The molecule has 1 atom stereocenters. The monoisotopic (exact) mass is 465 g/mol. The molecule has 0 aliphatic carbocycles. The van der Waals surface area contributed by atoms with E-state index in [-0.39, 0.29) is 17.7 Å². The van der Waals surface area contributed by atoms with Gasteiger partial charge in [-0.2, -0.15) is 0 Å². The van der Waals surface area contributed by atoms with E-state index < -0.39 is 0 Å². The first-order chi connectivity index (χ1) is 10.0. The lowest BCUT2D eigenvalue weighted by Crippen LogP contribution is -2.24. The molecular formula is C16H15BrF2IN. The summed E-state index contributed by atoms with van der Waals surface area (Å²) < 4.78 is 28.9. The average molecular weight is 466 g/mol. The molecule has 0 aliphatic rings. The van der Waals surface area contributed by atoms with E-state index in [2.05, 4.69) is 43.8 Å². The summed E-state index contributed by atoms with van der Waals surface area (Å²) in [4.78, 5) is 0. The van der Waals surface area contributed by atoms with Crippen molar-refractivity contribution in [3.63, 3.8) is 0 Å². The highest BCUT2D eigenvalue weighted by atomic mass is 127. The molecule has 0 heterocycles. The van der Waals surface area contributed by atoms with Crippen LogP contribution in [-0.2, 0) is 6.42 Å². The Morgan fingerprint density at radius 3 is 2.62 bits per heavy atom. The number of halogens is 4. The lowest BCUT2D eigenvalue weighted by molar-refractivity contribution is 0.524. The van der Waals surface area contributed by atoms with E-state index in [0.717, 1.165) is 20.2 Å². The average Bonchev–Trinajstić information content (AvgIpc) is 2.42. The van der Waals surface area contributed by atoms with E-state index in [1.807, 2.05) is 6.92 Å². The molecule has 2 aromatic carbocycles. The first-order valence-electron chi connectivity index (χ1n) is 6.63. The third-order valence-corrected chi connectivity index (χ3v) is 4.65. The summed E-state index contributed by atoms with van der Waals surface area (Å²) in [6.45, 7) is 2.76. The maximum absolute atomic E-state index is 13.9. The summed E-state index contributed by atoms with van der Waals surface area (Å²) in [6.07, 6.45) is 0.515. The highest BCUT2D eigenvalue weighted by molar-refractivity contribution is 14.1. The molecule has 112 valence electrons. The van der Waals surface area contributed by atoms with Gasteiger partial charge in [-0.1, -0.05) is 28.9 Å². The largest absolute Gasteiger partial charge is 0.310 e. The second kappa shape index (κ2) is 7.65. The Kier molecular flexibility index (Phi) is 6.13. The van der Waals surface area contributed by atoms with Gasteiger partial charge in [-0.3, -0.25) is 0 Å². The van der Waals surface area contributed by atoms with E-state index in [1.165, 1.54) is 18.2 Å². The fraction of sp³-hybridized carbons (Fsp3) is 0.250. The van der Waals surface area contributed by atoms with E-state index in [9.17, 15) is 8.78 Å². The van der Waals surface area contributed by atoms with Crippen LogP contribution in [0.15, 0.2) is 40.9 Å². The molecule has 5 heteroatoms. The molecule has 1 N–H and O–H groups in total. The first kappa shape index (κ1) is 16.8. The van der Waals surface area contributed by atoms with Crippen LogP contribution in [-0.4, -0.2) is 6.54 Å². The molecule has 0 aliphatic heterocycles. The van der Waals surface area contributed by atoms with Crippen molar-refractivity contribution in [1.29, 1.82) is 0 Å². The summed E-state index contributed by atoms with van der Waals surface area (Å²) in [5.41, 5.74) is 1.62. The highest BCUT2D eigenvalue weighted by Gasteiger charge is 2.17. The van der Waals surface area contributed by atoms with Crippen LogP contribution in [0.1, 0.15) is 24.1 Å². The molecular weight excluding hydrogens is 451 g/mol. The number of nitrogens with one attached hydrogen (secondary N) is 1. The van der Waals surface area contributed by atoms with Crippen molar-refractivity contribution in [2.45, 2.75) is 19.4 Å². The molecule has 0 radical (unpaired) electrons. The summed E-state index contributed by atoms with van der Waals surface area (Å²) in [5, 5.41) is 3.35. The van der Waals surface area contributed by atoms with Crippen LogP contribution in [0.2, 0.25) is 0 Å². The normalized spacial score (nSPS) is 12.4. The number of hydrogen-bond donors (Lipinski definition) is 1. The minimum Gasteiger partial charge on any atom is -0.310 e. The van der Waals surface area contributed by atoms with E-state index in [1.54, 1.807) is 18.2 Å². The van der Waals surface area contributed by atoms with Gasteiger partial charge in [0.25, 0.3) is 0 Å². The second-order valence-electron chi connectivity index (χ2n) is 4.72. The molecule has 0 saturated carbocycles. The van der Waals surface area contributed by atoms with Gasteiger partial charge in [0.15, 0.2) is 0 Å². The van der Waals surface area contributed by atoms with Gasteiger partial charge in [-0.25, -0.2) is 8.78 Å². The maximum Gasteiger partial charge on any atom is 0.126 e. The summed E-state index contributed by atoms with van der Waals surface area (Å²) in [6, 6.07) is 9.58. The van der Waals surface area contributed by atoms with Crippen LogP contribution in [0, 0.1) is 15.2 Å². The number of hydrogen-bond acceptors (Lipinski definition) is 1. The van der Waals surface area contributed by atoms with Crippen molar-refractivity contribution in [2.24, 2.45) is 0 Å². The molecule has 0 aromatic heterocycles. The zero-order chi connectivity index (χ0) is 15.4. The van der Waals surface area contributed by atoms with E-state index >= 15 is 0 Å². The van der Waals surface area contributed by atoms with Gasteiger partial charge < -0.3 is 5.32 Å². The van der Waals surface area contributed by atoms with E-state index in [4.69, 9.17) is 0 Å². The van der Waals surface area contributed by atoms with Crippen LogP contribution in [0.5, 0.6) is 0 Å². The zero-order valence-electron chi connectivity index (χ0n) is 11.5. The van der Waals surface area contributed by atoms with Gasteiger partial charge >= 0.3 is 0 Å². The van der Waals surface area contributed by atoms with Crippen molar-refractivity contribution in [3.05, 3.63) is 67.2 Å². The molecule has 0 amide bonds. The van der Waals surface area contributed by atoms with Crippen LogP contribution in [0.25, 0.3) is 0 Å². The van der Waals surface area contributed by atoms with Crippen LogP contribution < -0.4 is 5.32 Å². The van der Waals surface area contributed by atoms with Crippen LogP contribution >= 0.6 is 38.5 Å². The number of rotatable bonds is 5. The van der Waals surface area contributed by atoms with Crippen molar-refractivity contribution in [1.82, 2.24) is 5.32 Å². The predicted octanol–water partition coefficient (Wildman–Crippen LogP) is 5.23. The Bertz CT molecular complexity index is 634. The smallest absolute Gasteiger partial charge is 0.126 e. The van der Waals surface area contributed by atoms with Gasteiger partial charge in [-0.05, 0) is 77.0 Å². The molecule has 1 nitrogen and oxygen atoms in total. The Balaban J connectivity index is 2.32. The van der Waals surface area contributed by atoms with Crippen LogP contribution in [0.4, 0.5) is 8.78 Å². The van der Waals surface area contributed by atoms with E-state index in [0.29, 0.717) is 12.0 Å². The Labute approximate surface area is 145 Å². The van der Waals surface area contributed by atoms with Gasteiger partial charge in [0.05, 0.1) is 0 Å². The predicted molar refractivity (Wildman–Crippen MR) is 93.3 cm³/mol. The zero-order valence-corrected chi connectivity index (χ0v) is 15.2. The molecule has 0 fully saturated rings. The summed E-state index contributed by atoms with van der Waals surface area (Å²) in [5.74, 6) is -0.481. The maximum atomic E-state index is 13.9. The Morgan fingerprint density at radius 2 is 1.95 bits per heavy atom. The SMILES string of the molecule is CCNC(Cc1cc(Br)ccc1F)c1ccc(F)cc1I. The third-order valence-electron chi connectivity index (χ3n) is 3.22. The topological polar surface area (TPSA) is 12.0 Å². The molecule has 2 aromatic rings. The molecule has 0 saturated heterocycles. The fourth-order valence-electron chi connectivity index (χ4n) is 2.24. The Morgan fingerprint density at radius 1 is 1.19 bits per heavy atom. The van der Waals surface area contributed by atoms with Crippen molar-refractivity contribution >= 4 is 38.5 Å². The highest BCUT2D eigenvalue weighted by Crippen LogP contribution is 2.26. The standard InChI is InChI=1S/C16H15BrF2IN/c1-2-21-16(13-5-4-12(18)9-15(13)20)8-10-7-11(17)3-6-14(10)19/h3-7,9,16,21H,2,8H2,1H3. The first-order valence-corrected chi connectivity index (χ1v) is 8.50. The molecule has 21 heavy (non-hydrogen) atoms. The van der Waals surface area contributed by atoms with Crippen molar-refractivity contribution < 1.29 is 8.78 Å². The summed E-state index contributed by atoms with van der Waals surface area (Å²) in [7, 11) is 0. The molecule has 0 spiro atoms. The number of benzene rings is 2. The Hall–Kier alpha value is -0.530. The van der Waals surface area contributed by atoms with Gasteiger partial charge in [0.1, 0.15) is 11.6 Å². The lowest BCUT2D eigenvalue weighted by atomic mass is 9.98. The summed E-state index contributed by atoms with van der Waals surface area (Å²) >= 11 is 5.48. The lowest BCUT2D eigenvalue weighted by Gasteiger charge is -2.20. The van der Waals surface area contributed by atoms with Gasteiger partial charge in [-0.15, -0.1) is 0 Å². The second-order valence-corrected chi connectivity index (χ2v) is 6.79. The van der Waals surface area contributed by atoms with Crippen molar-refractivity contribution in [3.8, 4) is 0 Å². The fourth-order valence-corrected chi connectivity index (χ4v) is 3.50. The van der Waals surface area contributed by atoms with Gasteiger partial charge in [0, 0.05) is 14.1 Å².